The molecule has 0 aliphatic carbocycles. The van der Waals surface area contributed by atoms with Crippen LogP contribution in [-0.4, -0.2) is 10.8 Å². The molecule has 0 bridgehead atoms. The second-order valence-electron chi connectivity index (χ2n) is 3.08. The zero-order chi connectivity index (χ0) is 11.0. The van der Waals surface area contributed by atoms with Gasteiger partial charge >= 0.3 is 0 Å². The molecule has 0 unspecified atom stereocenters. The summed E-state index contributed by atoms with van der Waals surface area (Å²) in [6.45, 7) is 3.75. The van der Waals surface area contributed by atoms with Crippen molar-refractivity contribution in [3.63, 3.8) is 0 Å². The minimum Gasteiger partial charge on any atom is -0.287 e. The molecular weight excluding hydrogens is 250 g/mol. The number of carbonyl (C=O) groups excluding carboxylic acids is 1. The van der Waals surface area contributed by atoms with Gasteiger partial charge in [-0.3, -0.25) is 4.79 Å². The van der Waals surface area contributed by atoms with Gasteiger partial charge in [-0.1, -0.05) is 11.6 Å². The van der Waals surface area contributed by atoms with Gasteiger partial charge in [0.25, 0.3) is 0 Å². The highest BCUT2D eigenvalue weighted by Gasteiger charge is 2.17. The number of halogens is 1. The SMILES string of the molecule is Cc1nc(C)c(C(=O)c2ccc(Cl)s2)s1. The van der Waals surface area contributed by atoms with E-state index < -0.39 is 0 Å². The van der Waals surface area contributed by atoms with E-state index in [0.717, 1.165) is 10.7 Å². The summed E-state index contributed by atoms with van der Waals surface area (Å²) in [5, 5.41) is 0.915. The van der Waals surface area contributed by atoms with Crippen LogP contribution in [0.15, 0.2) is 12.1 Å². The summed E-state index contributed by atoms with van der Waals surface area (Å²) in [6.07, 6.45) is 0. The number of hydrogen-bond acceptors (Lipinski definition) is 4. The molecule has 2 nitrogen and oxygen atoms in total. The summed E-state index contributed by atoms with van der Waals surface area (Å²) in [5.74, 6) is 0.0231. The zero-order valence-corrected chi connectivity index (χ0v) is 10.6. The van der Waals surface area contributed by atoms with Crippen LogP contribution in [0.2, 0.25) is 4.34 Å². The van der Waals surface area contributed by atoms with Gasteiger partial charge < -0.3 is 0 Å². The van der Waals surface area contributed by atoms with Gasteiger partial charge in [-0.15, -0.1) is 22.7 Å². The molecule has 0 amide bonds. The van der Waals surface area contributed by atoms with Crippen molar-refractivity contribution in [3.8, 4) is 0 Å². The third kappa shape index (κ3) is 2.12. The lowest BCUT2D eigenvalue weighted by Gasteiger charge is -1.93. The summed E-state index contributed by atoms with van der Waals surface area (Å²) in [6, 6.07) is 3.49. The molecule has 2 heterocycles. The fourth-order valence-electron chi connectivity index (χ4n) is 1.29. The monoisotopic (exact) mass is 257 g/mol. The van der Waals surface area contributed by atoms with Crippen molar-refractivity contribution in [1.29, 1.82) is 0 Å². The number of nitrogens with zero attached hydrogens (tertiary/aromatic N) is 1. The second-order valence-corrected chi connectivity index (χ2v) is 6.00. The zero-order valence-electron chi connectivity index (χ0n) is 8.20. The second kappa shape index (κ2) is 4.04. The quantitative estimate of drug-likeness (QED) is 0.768. The van der Waals surface area contributed by atoms with Gasteiger partial charge in [0, 0.05) is 0 Å². The maximum Gasteiger partial charge on any atom is 0.214 e. The number of aromatic nitrogens is 1. The number of aryl methyl sites for hydroxylation is 2. The van der Waals surface area contributed by atoms with Crippen molar-refractivity contribution in [2.75, 3.05) is 0 Å². The van der Waals surface area contributed by atoms with E-state index in [4.69, 9.17) is 11.6 Å². The molecule has 0 saturated heterocycles. The average molecular weight is 258 g/mol. The van der Waals surface area contributed by atoms with Gasteiger partial charge in [0.2, 0.25) is 5.78 Å². The van der Waals surface area contributed by atoms with Crippen LogP contribution in [0.25, 0.3) is 0 Å². The third-order valence-electron chi connectivity index (χ3n) is 1.91. The Kier molecular flexibility index (Phi) is 2.91. The van der Waals surface area contributed by atoms with Gasteiger partial charge in [-0.05, 0) is 26.0 Å². The lowest BCUT2D eigenvalue weighted by atomic mass is 10.2. The molecule has 2 aromatic rings. The average Bonchev–Trinajstić information content (AvgIpc) is 2.71. The van der Waals surface area contributed by atoms with Crippen molar-refractivity contribution in [1.82, 2.24) is 4.98 Å². The Morgan fingerprint density at radius 1 is 1.33 bits per heavy atom. The van der Waals surface area contributed by atoms with Crippen molar-refractivity contribution in [2.45, 2.75) is 13.8 Å². The number of ketones is 1. The minimum absolute atomic E-state index is 0.0231. The van der Waals surface area contributed by atoms with E-state index in [1.165, 1.54) is 22.7 Å². The number of thiophene rings is 1. The van der Waals surface area contributed by atoms with Crippen molar-refractivity contribution >= 4 is 40.1 Å². The molecule has 15 heavy (non-hydrogen) atoms. The molecule has 0 saturated carbocycles. The molecule has 0 radical (unpaired) electrons. The van der Waals surface area contributed by atoms with Crippen LogP contribution in [0.5, 0.6) is 0 Å². The molecule has 0 aliphatic rings. The predicted molar refractivity (Wildman–Crippen MR) is 64.3 cm³/mol. The Balaban J connectivity index is 2.40. The standard InChI is InChI=1S/C10H8ClNOS2/c1-5-10(14-6(2)12-5)9(13)7-3-4-8(11)15-7/h3-4H,1-2H3. The van der Waals surface area contributed by atoms with Crippen LogP contribution in [0.3, 0.4) is 0 Å². The lowest BCUT2D eigenvalue weighted by molar-refractivity contribution is 0.104. The fourth-order valence-corrected chi connectivity index (χ4v) is 3.22. The molecule has 2 rings (SSSR count). The molecule has 2 aromatic heterocycles. The molecule has 0 aromatic carbocycles. The first-order valence-corrected chi connectivity index (χ1v) is 6.33. The normalized spacial score (nSPS) is 10.6. The first-order valence-electron chi connectivity index (χ1n) is 4.32. The van der Waals surface area contributed by atoms with Crippen molar-refractivity contribution < 1.29 is 4.79 Å². The van der Waals surface area contributed by atoms with Gasteiger partial charge in [0.15, 0.2) is 0 Å². The van der Waals surface area contributed by atoms with Crippen LogP contribution < -0.4 is 0 Å². The van der Waals surface area contributed by atoms with Crippen LogP contribution in [-0.2, 0) is 0 Å². The van der Waals surface area contributed by atoms with E-state index >= 15 is 0 Å². The van der Waals surface area contributed by atoms with Gasteiger partial charge in [0.1, 0.15) is 0 Å². The highest BCUT2D eigenvalue weighted by molar-refractivity contribution is 7.19. The molecule has 78 valence electrons. The van der Waals surface area contributed by atoms with Gasteiger partial charge in [-0.25, -0.2) is 4.98 Å². The summed E-state index contributed by atoms with van der Waals surface area (Å²) in [7, 11) is 0. The van der Waals surface area contributed by atoms with E-state index in [1.807, 2.05) is 13.8 Å². The predicted octanol–water partition coefficient (Wildman–Crippen LogP) is 3.71. The Morgan fingerprint density at radius 2 is 2.07 bits per heavy atom. The number of hydrogen-bond donors (Lipinski definition) is 0. The topological polar surface area (TPSA) is 30.0 Å². The summed E-state index contributed by atoms with van der Waals surface area (Å²) in [4.78, 5) is 17.6. The van der Waals surface area contributed by atoms with E-state index in [-0.39, 0.29) is 5.78 Å². The Labute approximate surface area is 101 Å². The highest BCUT2D eigenvalue weighted by atomic mass is 35.5. The first kappa shape index (κ1) is 10.8. The highest BCUT2D eigenvalue weighted by Crippen LogP contribution is 2.27. The Bertz CT molecular complexity index is 515. The number of rotatable bonds is 2. The molecule has 5 heteroatoms. The van der Waals surface area contributed by atoms with Crippen molar-refractivity contribution in [3.05, 3.63) is 36.9 Å². The van der Waals surface area contributed by atoms with Gasteiger partial charge in [-0.2, -0.15) is 0 Å². The van der Waals surface area contributed by atoms with Crippen molar-refractivity contribution in [2.24, 2.45) is 0 Å². The fraction of sp³-hybridized carbons (Fsp3) is 0.200. The number of thiazole rings is 1. The lowest BCUT2D eigenvalue weighted by Crippen LogP contribution is -1.97. The summed E-state index contributed by atoms with van der Waals surface area (Å²) in [5.41, 5.74) is 0.798. The largest absolute Gasteiger partial charge is 0.287 e. The van der Waals surface area contributed by atoms with E-state index in [0.29, 0.717) is 14.1 Å². The molecular formula is C10H8ClNOS2. The summed E-state index contributed by atoms with van der Waals surface area (Å²) >= 11 is 8.52. The van der Waals surface area contributed by atoms with Crippen LogP contribution in [0.1, 0.15) is 25.3 Å². The smallest absolute Gasteiger partial charge is 0.214 e. The van der Waals surface area contributed by atoms with Gasteiger partial charge in [0.05, 0.1) is 24.8 Å². The maximum absolute atomic E-state index is 12.0. The molecule has 0 spiro atoms. The van der Waals surface area contributed by atoms with Crippen LogP contribution >= 0.6 is 34.3 Å². The van der Waals surface area contributed by atoms with Crippen LogP contribution in [0.4, 0.5) is 0 Å². The molecule has 0 aliphatic heterocycles. The Morgan fingerprint density at radius 3 is 2.53 bits per heavy atom. The van der Waals surface area contributed by atoms with E-state index in [1.54, 1.807) is 12.1 Å². The van der Waals surface area contributed by atoms with E-state index in [9.17, 15) is 4.79 Å². The molecule has 0 fully saturated rings. The third-order valence-corrected chi connectivity index (χ3v) is 4.21. The van der Waals surface area contributed by atoms with E-state index in [2.05, 4.69) is 4.98 Å². The first-order chi connectivity index (χ1) is 7.08. The van der Waals surface area contributed by atoms with Crippen LogP contribution in [0, 0.1) is 13.8 Å². The number of carbonyl (C=O) groups is 1. The molecule has 0 atom stereocenters. The summed E-state index contributed by atoms with van der Waals surface area (Å²) < 4.78 is 0.636. The maximum atomic E-state index is 12.0. The molecule has 0 N–H and O–H groups in total. The minimum atomic E-state index is 0.0231. The Hall–Kier alpha value is -0.710.